The van der Waals surface area contributed by atoms with Crippen LogP contribution in [0.15, 0.2) is 0 Å². The number of carbonyl (C=O) groups is 1. The molecule has 0 rings (SSSR count). The molecule has 0 saturated carbocycles. The van der Waals surface area contributed by atoms with Gasteiger partial charge >= 0.3 is 0 Å². The van der Waals surface area contributed by atoms with E-state index in [1.165, 1.54) is 0 Å². The molecule has 0 fully saturated rings. The molecule has 0 aliphatic heterocycles. The first kappa shape index (κ1) is 20.0. The van der Waals surface area contributed by atoms with Crippen LogP contribution in [0.2, 0.25) is 0 Å². The number of nitrogens with two attached hydrogens (primary N) is 1. The molecule has 0 aliphatic rings. The van der Waals surface area contributed by atoms with Gasteiger partial charge in [-0.2, -0.15) is 0 Å². The number of hydrogen-bond donors (Lipinski definition) is 3. The summed E-state index contributed by atoms with van der Waals surface area (Å²) < 4.78 is 24.5. The molecule has 0 heterocycles. The largest absolute Gasteiger partial charge is 0.353 e. The second-order valence-corrected chi connectivity index (χ2v) is 6.42. The van der Waals surface area contributed by atoms with E-state index < -0.39 is 16.1 Å². The topological polar surface area (TPSA) is 101 Å². The highest BCUT2D eigenvalue weighted by Crippen LogP contribution is 2.02. The van der Waals surface area contributed by atoms with Crippen LogP contribution in [0, 0.1) is 5.92 Å². The molecule has 110 valence electrons. The van der Waals surface area contributed by atoms with Crippen LogP contribution in [0.1, 0.15) is 27.2 Å². The molecule has 6 nitrogen and oxygen atoms in total. The zero-order chi connectivity index (χ0) is 13.5. The maximum atomic E-state index is 11.5. The van der Waals surface area contributed by atoms with Gasteiger partial charge < -0.3 is 11.1 Å². The molecule has 0 aromatic carbocycles. The molecular formula is C10H24ClN3O3S. The first-order valence-corrected chi connectivity index (χ1v) is 7.44. The molecule has 0 bridgehead atoms. The average Bonchev–Trinajstić information content (AvgIpc) is 2.23. The van der Waals surface area contributed by atoms with Crippen molar-refractivity contribution < 1.29 is 13.2 Å². The molecule has 0 spiro atoms. The Morgan fingerprint density at radius 3 is 2.28 bits per heavy atom. The first-order chi connectivity index (χ1) is 7.78. The van der Waals surface area contributed by atoms with Crippen molar-refractivity contribution in [3.63, 3.8) is 0 Å². The lowest BCUT2D eigenvalue weighted by Crippen LogP contribution is -2.44. The van der Waals surface area contributed by atoms with Crippen molar-refractivity contribution in [1.82, 2.24) is 10.0 Å². The average molecular weight is 302 g/mol. The quantitative estimate of drug-likeness (QED) is 0.542. The third kappa shape index (κ3) is 9.64. The van der Waals surface area contributed by atoms with Crippen LogP contribution in [0.5, 0.6) is 0 Å². The maximum absolute atomic E-state index is 11.5. The molecule has 0 radical (unpaired) electrons. The van der Waals surface area contributed by atoms with Gasteiger partial charge in [-0.1, -0.05) is 13.8 Å². The van der Waals surface area contributed by atoms with Gasteiger partial charge in [-0.25, -0.2) is 13.1 Å². The van der Waals surface area contributed by atoms with Gasteiger partial charge in [0.05, 0.1) is 11.8 Å². The molecule has 0 aromatic heterocycles. The van der Waals surface area contributed by atoms with Crippen LogP contribution in [0.4, 0.5) is 0 Å². The van der Waals surface area contributed by atoms with Gasteiger partial charge in [0.25, 0.3) is 0 Å². The maximum Gasteiger partial charge on any atom is 0.236 e. The predicted molar refractivity (Wildman–Crippen MR) is 75.2 cm³/mol. The Kier molecular flexibility index (Phi) is 10.6. The molecule has 0 aliphatic carbocycles. The van der Waals surface area contributed by atoms with Gasteiger partial charge in [-0.05, 0) is 19.3 Å². The number of hydrogen-bond acceptors (Lipinski definition) is 4. The van der Waals surface area contributed by atoms with E-state index in [0.29, 0.717) is 12.3 Å². The minimum atomic E-state index is -3.19. The lowest BCUT2D eigenvalue weighted by molar-refractivity contribution is -0.122. The van der Waals surface area contributed by atoms with Crippen molar-refractivity contribution in [2.45, 2.75) is 33.2 Å². The summed E-state index contributed by atoms with van der Waals surface area (Å²) in [5.74, 6) is 0.150. The smallest absolute Gasteiger partial charge is 0.236 e. The summed E-state index contributed by atoms with van der Waals surface area (Å²) in [4.78, 5) is 11.5. The third-order valence-electron chi connectivity index (χ3n) is 2.19. The van der Waals surface area contributed by atoms with Crippen molar-refractivity contribution in [3.05, 3.63) is 0 Å². The number of carbonyl (C=O) groups excluding carboxylic acids is 1. The first-order valence-electron chi connectivity index (χ1n) is 5.79. The Morgan fingerprint density at radius 2 is 1.83 bits per heavy atom. The van der Waals surface area contributed by atoms with Gasteiger partial charge in [-0.3, -0.25) is 4.79 Å². The van der Waals surface area contributed by atoms with Crippen LogP contribution in [-0.2, 0) is 14.8 Å². The molecule has 8 heteroatoms. The van der Waals surface area contributed by atoms with E-state index in [1.54, 1.807) is 6.92 Å². The van der Waals surface area contributed by atoms with Crippen LogP contribution < -0.4 is 15.8 Å². The van der Waals surface area contributed by atoms with Crippen LogP contribution in [0.3, 0.4) is 0 Å². The van der Waals surface area contributed by atoms with E-state index in [-0.39, 0.29) is 37.2 Å². The summed E-state index contributed by atoms with van der Waals surface area (Å²) in [5.41, 5.74) is 5.66. The molecular weight excluding hydrogens is 278 g/mol. The fourth-order valence-electron chi connectivity index (χ4n) is 1.24. The van der Waals surface area contributed by atoms with E-state index in [2.05, 4.69) is 10.0 Å². The minimum absolute atomic E-state index is 0. The van der Waals surface area contributed by atoms with Gasteiger partial charge in [-0.15, -0.1) is 12.4 Å². The highest BCUT2D eigenvalue weighted by molar-refractivity contribution is 7.89. The highest BCUT2D eigenvalue weighted by Gasteiger charge is 2.14. The molecule has 18 heavy (non-hydrogen) atoms. The van der Waals surface area contributed by atoms with Crippen LogP contribution >= 0.6 is 12.4 Å². The van der Waals surface area contributed by atoms with E-state index in [9.17, 15) is 13.2 Å². The monoisotopic (exact) mass is 301 g/mol. The van der Waals surface area contributed by atoms with Gasteiger partial charge in [0, 0.05) is 13.1 Å². The van der Waals surface area contributed by atoms with Crippen LogP contribution in [-0.4, -0.2) is 39.2 Å². The van der Waals surface area contributed by atoms with Crippen molar-refractivity contribution in [2.24, 2.45) is 11.7 Å². The van der Waals surface area contributed by atoms with Crippen molar-refractivity contribution in [2.75, 3.05) is 18.8 Å². The fourth-order valence-corrected chi connectivity index (χ4v) is 1.86. The van der Waals surface area contributed by atoms with Crippen molar-refractivity contribution in [1.29, 1.82) is 0 Å². The number of nitrogens with one attached hydrogen (secondary N) is 2. The van der Waals surface area contributed by atoms with E-state index >= 15 is 0 Å². The molecule has 4 N–H and O–H groups in total. The zero-order valence-electron chi connectivity index (χ0n) is 11.1. The Morgan fingerprint density at radius 1 is 1.28 bits per heavy atom. The summed E-state index contributed by atoms with van der Waals surface area (Å²) in [6.07, 6.45) is 0.618. The van der Waals surface area contributed by atoms with E-state index in [0.717, 1.165) is 0 Å². The number of amides is 1. The van der Waals surface area contributed by atoms with Gasteiger partial charge in [0.1, 0.15) is 0 Å². The van der Waals surface area contributed by atoms with E-state index in [1.807, 2.05) is 13.8 Å². The Balaban J connectivity index is 0. The summed E-state index contributed by atoms with van der Waals surface area (Å²) in [6, 6.07) is -0.530. The fraction of sp³-hybridized carbons (Fsp3) is 0.900. The molecule has 1 amide bonds. The molecule has 0 saturated heterocycles. The minimum Gasteiger partial charge on any atom is -0.353 e. The summed E-state index contributed by atoms with van der Waals surface area (Å²) >= 11 is 0. The molecule has 0 unspecified atom stereocenters. The number of rotatable bonds is 8. The lowest BCUT2D eigenvalue weighted by atomic mass is 10.0. The predicted octanol–water partition coefficient (Wildman–Crippen LogP) is -0.163. The summed E-state index contributed by atoms with van der Waals surface area (Å²) in [5, 5.41) is 2.59. The second kappa shape index (κ2) is 9.55. The highest BCUT2D eigenvalue weighted by atomic mass is 35.5. The van der Waals surface area contributed by atoms with Crippen LogP contribution in [0.25, 0.3) is 0 Å². The SMILES string of the molecule is CCS(=O)(=O)NCCNC(=O)[C@@H](N)CC(C)C.Cl. The summed E-state index contributed by atoms with van der Waals surface area (Å²) in [7, 11) is -3.19. The molecule has 1 atom stereocenters. The Hall–Kier alpha value is -0.370. The van der Waals surface area contributed by atoms with Gasteiger partial charge in [0.15, 0.2) is 0 Å². The number of sulfonamides is 1. The normalized spacial score (nSPS) is 12.9. The third-order valence-corrected chi connectivity index (χ3v) is 3.59. The number of halogens is 1. The Bertz CT molecular complexity index is 333. The van der Waals surface area contributed by atoms with Gasteiger partial charge in [0.2, 0.25) is 15.9 Å². The lowest BCUT2D eigenvalue weighted by Gasteiger charge is -2.14. The van der Waals surface area contributed by atoms with Crippen molar-refractivity contribution >= 4 is 28.3 Å². The van der Waals surface area contributed by atoms with E-state index in [4.69, 9.17) is 5.73 Å². The standard InChI is InChI=1S/C10H23N3O3S.ClH/c1-4-17(15,16)13-6-5-12-10(14)9(11)7-8(2)3;/h8-9,13H,4-7,11H2,1-3H3,(H,12,14);1H/t9-;/m0./s1. The second-order valence-electron chi connectivity index (χ2n) is 4.32. The van der Waals surface area contributed by atoms with Crippen molar-refractivity contribution in [3.8, 4) is 0 Å². The summed E-state index contributed by atoms with van der Waals surface area (Å²) in [6.45, 7) is 5.98. The Labute approximate surface area is 116 Å². The molecule has 0 aromatic rings. The zero-order valence-corrected chi connectivity index (χ0v) is 12.7.